The predicted molar refractivity (Wildman–Crippen MR) is 73.7 cm³/mol. The van der Waals surface area contributed by atoms with Crippen LogP contribution in [0.4, 0.5) is 8.78 Å². The zero-order valence-electron chi connectivity index (χ0n) is 11.1. The van der Waals surface area contributed by atoms with E-state index < -0.39 is 11.6 Å². The summed E-state index contributed by atoms with van der Waals surface area (Å²) in [5.41, 5.74) is 8.70. The molecule has 2 nitrogen and oxygen atoms in total. The molecule has 1 aliphatic rings. The number of rotatable bonds is 2. The van der Waals surface area contributed by atoms with Gasteiger partial charge in [0.05, 0.1) is 0 Å². The Bertz CT molecular complexity index is 670. The SMILES string of the molecule is Cc1cc2c(c(-c3ccc(F)cc3F)c1)O[C@@H](CN)C2. The van der Waals surface area contributed by atoms with Crippen molar-refractivity contribution in [3.63, 3.8) is 0 Å². The maximum Gasteiger partial charge on any atom is 0.134 e. The molecule has 0 fully saturated rings. The lowest BCUT2D eigenvalue weighted by Gasteiger charge is -2.12. The topological polar surface area (TPSA) is 35.2 Å². The van der Waals surface area contributed by atoms with Crippen molar-refractivity contribution in [1.29, 1.82) is 0 Å². The van der Waals surface area contributed by atoms with Crippen LogP contribution in [0.25, 0.3) is 11.1 Å². The van der Waals surface area contributed by atoms with Gasteiger partial charge >= 0.3 is 0 Å². The quantitative estimate of drug-likeness (QED) is 0.913. The maximum absolute atomic E-state index is 14.0. The number of hydrogen-bond acceptors (Lipinski definition) is 2. The number of ether oxygens (including phenoxy) is 1. The van der Waals surface area contributed by atoms with Crippen LogP contribution in [-0.4, -0.2) is 12.6 Å². The van der Waals surface area contributed by atoms with Gasteiger partial charge in [-0.3, -0.25) is 0 Å². The molecule has 1 heterocycles. The summed E-state index contributed by atoms with van der Waals surface area (Å²) in [5, 5.41) is 0. The van der Waals surface area contributed by atoms with E-state index >= 15 is 0 Å². The number of nitrogens with two attached hydrogens (primary N) is 1. The molecule has 0 radical (unpaired) electrons. The molecule has 20 heavy (non-hydrogen) atoms. The molecular weight excluding hydrogens is 260 g/mol. The standard InChI is InChI=1S/C16H15F2NO/c1-9-4-10-6-12(8-19)20-16(10)14(5-9)13-3-2-11(17)7-15(13)18/h2-5,7,12H,6,8,19H2,1H3/t12-/m1/s1. The van der Waals surface area contributed by atoms with Gasteiger partial charge in [-0.25, -0.2) is 8.78 Å². The van der Waals surface area contributed by atoms with Crippen LogP contribution in [0.3, 0.4) is 0 Å². The fourth-order valence-corrected chi connectivity index (χ4v) is 2.63. The van der Waals surface area contributed by atoms with Gasteiger partial charge in [-0.2, -0.15) is 0 Å². The third kappa shape index (κ3) is 2.16. The van der Waals surface area contributed by atoms with Gasteiger partial charge in [0.25, 0.3) is 0 Å². The molecule has 0 saturated heterocycles. The molecule has 0 spiro atoms. The summed E-state index contributed by atoms with van der Waals surface area (Å²) >= 11 is 0. The molecule has 2 aromatic rings. The molecule has 0 unspecified atom stereocenters. The monoisotopic (exact) mass is 275 g/mol. The normalized spacial score (nSPS) is 16.9. The number of halogens is 2. The molecule has 4 heteroatoms. The lowest BCUT2D eigenvalue weighted by Crippen LogP contribution is -2.24. The molecule has 2 N–H and O–H groups in total. The first-order chi connectivity index (χ1) is 9.58. The molecule has 2 aromatic carbocycles. The Labute approximate surface area is 116 Å². The highest BCUT2D eigenvalue weighted by atomic mass is 19.1. The highest BCUT2D eigenvalue weighted by molar-refractivity contribution is 5.74. The van der Waals surface area contributed by atoms with Gasteiger partial charge in [0.2, 0.25) is 0 Å². The summed E-state index contributed by atoms with van der Waals surface area (Å²) in [7, 11) is 0. The van der Waals surface area contributed by atoms with Crippen LogP contribution in [-0.2, 0) is 6.42 Å². The Hall–Kier alpha value is -1.94. The van der Waals surface area contributed by atoms with Crippen LogP contribution in [0, 0.1) is 18.6 Å². The van der Waals surface area contributed by atoms with Crippen LogP contribution in [0.5, 0.6) is 5.75 Å². The molecule has 0 bridgehead atoms. The number of aryl methyl sites for hydroxylation is 1. The predicted octanol–water partition coefficient (Wildman–Crippen LogP) is 3.20. The lowest BCUT2D eigenvalue weighted by molar-refractivity contribution is 0.242. The van der Waals surface area contributed by atoms with Gasteiger partial charge in [0.15, 0.2) is 0 Å². The summed E-state index contributed by atoms with van der Waals surface area (Å²) in [6, 6.07) is 7.46. The van der Waals surface area contributed by atoms with Crippen LogP contribution in [0.2, 0.25) is 0 Å². The van der Waals surface area contributed by atoms with Gasteiger partial charge in [-0.15, -0.1) is 0 Å². The summed E-state index contributed by atoms with van der Waals surface area (Å²) in [5.74, 6) is -0.509. The van der Waals surface area contributed by atoms with Crippen molar-refractivity contribution in [1.82, 2.24) is 0 Å². The number of hydrogen-bond donors (Lipinski definition) is 1. The molecular formula is C16H15F2NO. The minimum atomic E-state index is -0.587. The summed E-state index contributed by atoms with van der Waals surface area (Å²) in [6.07, 6.45) is 0.651. The number of fused-ring (bicyclic) bond motifs is 1. The fraction of sp³-hybridized carbons (Fsp3) is 0.250. The van der Waals surface area contributed by atoms with Gasteiger partial charge in [-0.1, -0.05) is 6.07 Å². The zero-order chi connectivity index (χ0) is 14.3. The Morgan fingerprint density at radius 1 is 1.20 bits per heavy atom. The van der Waals surface area contributed by atoms with E-state index in [2.05, 4.69) is 0 Å². The van der Waals surface area contributed by atoms with Crippen molar-refractivity contribution in [2.24, 2.45) is 5.73 Å². The first-order valence-electron chi connectivity index (χ1n) is 6.54. The highest BCUT2D eigenvalue weighted by Crippen LogP contribution is 2.40. The first-order valence-corrected chi connectivity index (χ1v) is 6.54. The zero-order valence-corrected chi connectivity index (χ0v) is 11.1. The smallest absolute Gasteiger partial charge is 0.134 e. The van der Waals surface area contributed by atoms with Crippen molar-refractivity contribution in [3.8, 4) is 16.9 Å². The van der Waals surface area contributed by atoms with E-state index in [1.807, 2.05) is 19.1 Å². The van der Waals surface area contributed by atoms with Gasteiger partial charge in [0, 0.05) is 30.2 Å². The molecule has 104 valence electrons. The van der Waals surface area contributed by atoms with E-state index in [-0.39, 0.29) is 6.10 Å². The van der Waals surface area contributed by atoms with Crippen LogP contribution >= 0.6 is 0 Å². The molecule has 1 atom stereocenters. The molecule has 3 rings (SSSR count). The number of benzene rings is 2. The van der Waals surface area contributed by atoms with Crippen molar-refractivity contribution in [2.45, 2.75) is 19.4 Å². The fourth-order valence-electron chi connectivity index (χ4n) is 2.63. The average molecular weight is 275 g/mol. The minimum Gasteiger partial charge on any atom is -0.488 e. The van der Waals surface area contributed by atoms with Gasteiger partial charge < -0.3 is 10.5 Å². The highest BCUT2D eigenvalue weighted by Gasteiger charge is 2.26. The van der Waals surface area contributed by atoms with E-state index in [9.17, 15) is 8.78 Å². The van der Waals surface area contributed by atoms with Gasteiger partial charge in [0.1, 0.15) is 23.5 Å². The maximum atomic E-state index is 14.0. The summed E-state index contributed by atoms with van der Waals surface area (Å²) in [4.78, 5) is 0. The minimum absolute atomic E-state index is 0.0749. The molecule has 0 amide bonds. The van der Waals surface area contributed by atoms with Crippen molar-refractivity contribution in [3.05, 3.63) is 53.1 Å². The van der Waals surface area contributed by atoms with Crippen LogP contribution in [0.15, 0.2) is 30.3 Å². The Kier molecular flexibility index (Phi) is 3.18. The van der Waals surface area contributed by atoms with Crippen molar-refractivity contribution >= 4 is 0 Å². The molecule has 0 saturated carbocycles. The molecule has 0 aliphatic carbocycles. The second-order valence-corrected chi connectivity index (χ2v) is 5.10. The first kappa shape index (κ1) is 13.1. The third-order valence-corrected chi connectivity index (χ3v) is 3.53. The third-order valence-electron chi connectivity index (χ3n) is 3.53. The van der Waals surface area contributed by atoms with E-state index in [1.54, 1.807) is 0 Å². The van der Waals surface area contributed by atoms with Crippen LogP contribution in [0.1, 0.15) is 11.1 Å². The van der Waals surface area contributed by atoms with E-state index in [0.717, 1.165) is 23.6 Å². The molecule has 1 aliphatic heterocycles. The Morgan fingerprint density at radius 3 is 2.70 bits per heavy atom. The van der Waals surface area contributed by atoms with Crippen molar-refractivity contribution < 1.29 is 13.5 Å². The Balaban J connectivity index is 2.15. The molecule has 0 aromatic heterocycles. The van der Waals surface area contributed by atoms with E-state index in [0.29, 0.717) is 23.4 Å². The lowest BCUT2D eigenvalue weighted by atomic mass is 9.97. The van der Waals surface area contributed by atoms with E-state index in [4.69, 9.17) is 10.5 Å². The summed E-state index contributed by atoms with van der Waals surface area (Å²) in [6.45, 7) is 2.36. The van der Waals surface area contributed by atoms with Crippen LogP contribution < -0.4 is 10.5 Å². The second kappa shape index (κ2) is 4.87. The largest absolute Gasteiger partial charge is 0.488 e. The van der Waals surface area contributed by atoms with Gasteiger partial charge in [-0.05, 0) is 36.2 Å². The van der Waals surface area contributed by atoms with E-state index in [1.165, 1.54) is 12.1 Å². The second-order valence-electron chi connectivity index (χ2n) is 5.10. The van der Waals surface area contributed by atoms with Crippen molar-refractivity contribution in [2.75, 3.05) is 6.54 Å². The average Bonchev–Trinajstić information content (AvgIpc) is 2.81. The summed E-state index contributed by atoms with van der Waals surface area (Å²) < 4.78 is 32.8. The Morgan fingerprint density at radius 2 is 2.00 bits per heavy atom.